The van der Waals surface area contributed by atoms with Gasteiger partial charge in [0.25, 0.3) is 0 Å². The number of para-hydroxylation sites is 1. The number of hydrogen-bond acceptors (Lipinski definition) is 10. The summed E-state index contributed by atoms with van der Waals surface area (Å²) < 4.78 is 25.1. The number of carbonyl (C=O) groups is 4. The SMILES string of the molecule is CCCCCC1(CCCCC)OC2C=C(C(=O)NCCC(=O)NC(CO)CCC(=O)OC(C)(C)C)CC(OC(=O)c3ccccc3C=CCc3ccccc3O)C2O1. The van der Waals surface area contributed by atoms with Gasteiger partial charge in [0.05, 0.1) is 18.2 Å². The standard InChI is InChI=1S/C46H64N2O10/c1-6-8-14-26-46(27-15-9-7-2)56-39-30-34(43(53)47-28-25-40(51)48-35(31-49)23-24-41(52)57-45(3,4)5)29-38(42(39)58-46)55-44(54)36-21-12-10-17-32(36)19-16-20-33-18-11-13-22-37(33)50/h10-13,16-19,21-22,30,35,38-39,42,49-50H,6-9,14-15,20,23-29,31H2,1-5H3,(H,47,53)(H,48,51). The molecule has 0 spiro atoms. The first-order valence-electron chi connectivity index (χ1n) is 21.0. The number of hydrogen-bond donors (Lipinski definition) is 4. The highest BCUT2D eigenvalue weighted by molar-refractivity contribution is 5.95. The minimum atomic E-state index is -0.874. The number of aliphatic hydroxyl groups is 1. The molecule has 4 atom stereocenters. The van der Waals surface area contributed by atoms with Crippen LogP contribution < -0.4 is 10.6 Å². The van der Waals surface area contributed by atoms with Crippen LogP contribution in [0, 0.1) is 0 Å². The van der Waals surface area contributed by atoms with Crippen molar-refractivity contribution >= 4 is 29.8 Å². The molecule has 4 rings (SSSR count). The lowest BCUT2D eigenvalue weighted by Gasteiger charge is -2.31. The van der Waals surface area contributed by atoms with Crippen LogP contribution in [0.3, 0.4) is 0 Å². The van der Waals surface area contributed by atoms with Crippen LogP contribution in [-0.4, -0.2) is 82.9 Å². The molecule has 4 unspecified atom stereocenters. The number of nitrogens with one attached hydrogen (secondary N) is 2. The van der Waals surface area contributed by atoms with Gasteiger partial charge in [-0.2, -0.15) is 0 Å². The Kier molecular flexibility index (Phi) is 18.0. The van der Waals surface area contributed by atoms with Crippen LogP contribution >= 0.6 is 0 Å². The molecule has 12 nitrogen and oxygen atoms in total. The molecule has 1 aliphatic heterocycles. The van der Waals surface area contributed by atoms with Gasteiger partial charge < -0.3 is 39.8 Å². The molecule has 4 N–H and O–H groups in total. The largest absolute Gasteiger partial charge is 0.508 e. The van der Waals surface area contributed by atoms with E-state index in [2.05, 4.69) is 24.5 Å². The van der Waals surface area contributed by atoms with Gasteiger partial charge in [-0.1, -0.05) is 88.1 Å². The molecule has 0 aromatic heterocycles. The Morgan fingerprint density at radius 3 is 2.31 bits per heavy atom. The highest BCUT2D eigenvalue weighted by Gasteiger charge is 2.52. The summed E-state index contributed by atoms with van der Waals surface area (Å²) in [5.74, 6) is -2.46. The average molecular weight is 805 g/mol. The van der Waals surface area contributed by atoms with Crippen molar-refractivity contribution in [2.75, 3.05) is 13.2 Å². The molecule has 2 aromatic carbocycles. The van der Waals surface area contributed by atoms with Crippen molar-refractivity contribution in [2.24, 2.45) is 0 Å². The summed E-state index contributed by atoms with van der Waals surface area (Å²) in [5.41, 5.74) is 1.48. The highest BCUT2D eigenvalue weighted by Crippen LogP contribution is 2.43. The van der Waals surface area contributed by atoms with Crippen LogP contribution in [0.5, 0.6) is 5.75 Å². The lowest BCUT2D eigenvalue weighted by atomic mass is 9.91. The van der Waals surface area contributed by atoms with Crippen molar-refractivity contribution < 1.29 is 48.3 Å². The van der Waals surface area contributed by atoms with Gasteiger partial charge in [0.1, 0.15) is 29.7 Å². The number of allylic oxidation sites excluding steroid dienone is 1. The summed E-state index contributed by atoms with van der Waals surface area (Å²) in [5, 5.41) is 25.5. The fourth-order valence-electron chi connectivity index (χ4n) is 7.22. The Morgan fingerprint density at radius 2 is 1.64 bits per heavy atom. The van der Waals surface area contributed by atoms with Gasteiger partial charge in [-0.3, -0.25) is 14.4 Å². The van der Waals surface area contributed by atoms with E-state index < -0.39 is 59.5 Å². The van der Waals surface area contributed by atoms with Gasteiger partial charge in [-0.15, -0.1) is 0 Å². The smallest absolute Gasteiger partial charge is 0.339 e. The van der Waals surface area contributed by atoms with E-state index in [-0.39, 0.29) is 44.6 Å². The van der Waals surface area contributed by atoms with E-state index in [1.807, 2.05) is 36.4 Å². The number of rotatable bonds is 22. The van der Waals surface area contributed by atoms with Crippen molar-refractivity contribution in [3.63, 3.8) is 0 Å². The first-order chi connectivity index (χ1) is 27.8. The third kappa shape index (κ3) is 14.4. The molecule has 1 fully saturated rings. The van der Waals surface area contributed by atoms with Crippen LogP contribution in [0.2, 0.25) is 0 Å². The Morgan fingerprint density at radius 1 is 0.948 bits per heavy atom. The Balaban J connectivity index is 1.47. The summed E-state index contributed by atoms with van der Waals surface area (Å²) in [6.45, 7) is 9.26. The molecule has 2 aliphatic rings. The number of phenolic OH excluding ortho intramolecular Hbond substituents is 1. The van der Waals surface area contributed by atoms with Crippen LogP contribution in [0.1, 0.15) is 133 Å². The molecule has 0 bridgehead atoms. The van der Waals surface area contributed by atoms with E-state index in [0.717, 1.165) is 44.1 Å². The van der Waals surface area contributed by atoms with Gasteiger partial charge in [0.15, 0.2) is 5.79 Å². The summed E-state index contributed by atoms with van der Waals surface area (Å²) in [6.07, 6.45) is 11.4. The van der Waals surface area contributed by atoms with Crippen molar-refractivity contribution in [2.45, 2.75) is 154 Å². The van der Waals surface area contributed by atoms with Gasteiger partial charge in [0, 0.05) is 44.2 Å². The number of carbonyl (C=O) groups excluding carboxylic acids is 4. The number of aromatic hydroxyl groups is 1. The zero-order chi connectivity index (χ0) is 42.1. The molecule has 0 saturated carbocycles. The van der Waals surface area contributed by atoms with Gasteiger partial charge in [-0.25, -0.2) is 4.79 Å². The Bertz CT molecular complexity index is 1720. The monoisotopic (exact) mass is 804 g/mol. The van der Waals surface area contributed by atoms with Crippen LogP contribution in [0.25, 0.3) is 6.08 Å². The number of esters is 2. The van der Waals surface area contributed by atoms with E-state index >= 15 is 0 Å². The van der Waals surface area contributed by atoms with Crippen LogP contribution in [0.4, 0.5) is 0 Å². The number of ether oxygens (including phenoxy) is 4. The minimum Gasteiger partial charge on any atom is -0.508 e. The second-order valence-electron chi connectivity index (χ2n) is 16.2. The fraction of sp³-hybridized carbons (Fsp3) is 0.565. The zero-order valence-corrected chi connectivity index (χ0v) is 34.9. The highest BCUT2D eigenvalue weighted by atomic mass is 16.8. The van der Waals surface area contributed by atoms with Crippen molar-refractivity contribution in [1.82, 2.24) is 10.6 Å². The lowest BCUT2D eigenvalue weighted by Crippen LogP contribution is -2.44. The number of phenols is 1. The van der Waals surface area contributed by atoms with E-state index in [1.54, 1.807) is 51.1 Å². The van der Waals surface area contributed by atoms with Crippen LogP contribution in [0.15, 0.2) is 66.3 Å². The molecule has 58 heavy (non-hydrogen) atoms. The predicted octanol–water partition coefficient (Wildman–Crippen LogP) is 7.25. The molecule has 0 radical (unpaired) electrons. The van der Waals surface area contributed by atoms with E-state index in [0.29, 0.717) is 36.0 Å². The van der Waals surface area contributed by atoms with E-state index in [1.165, 1.54) is 0 Å². The zero-order valence-electron chi connectivity index (χ0n) is 34.9. The normalized spacial score (nSPS) is 19.2. The minimum absolute atomic E-state index is 0.0145. The molecular formula is C46H64N2O10. The van der Waals surface area contributed by atoms with Crippen molar-refractivity contribution in [3.8, 4) is 5.75 Å². The second-order valence-corrected chi connectivity index (χ2v) is 16.2. The number of amides is 2. The molecule has 1 saturated heterocycles. The lowest BCUT2D eigenvalue weighted by molar-refractivity contribution is -0.190. The maximum absolute atomic E-state index is 14.0. The second kappa shape index (κ2) is 22.6. The summed E-state index contributed by atoms with van der Waals surface area (Å²) in [7, 11) is 0. The third-order valence-corrected chi connectivity index (χ3v) is 10.2. The molecule has 318 valence electrons. The van der Waals surface area contributed by atoms with Gasteiger partial charge >= 0.3 is 11.9 Å². The van der Waals surface area contributed by atoms with Gasteiger partial charge in [0.2, 0.25) is 11.8 Å². The number of benzene rings is 2. The number of fused-ring (bicyclic) bond motifs is 1. The Hall–Kier alpha value is -4.52. The van der Waals surface area contributed by atoms with E-state index in [9.17, 15) is 29.4 Å². The molecular weight excluding hydrogens is 741 g/mol. The maximum Gasteiger partial charge on any atom is 0.339 e. The summed E-state index contributed by atoms with van der Waals surface area (Å²) >= 11 is 0. The summed E-state index contributed by atoms with van der Waals surface area (Å²) in [4.78, 5) is 52.5. The summed E-state index contributed by atoms with van der Waals surface area (Å²) in [6, 6.07) is 13.6. The predicted molar refractivity (Wildman–Crippen MR) is 222 cm³/mol. The molecule has 1 heterocycles. The maximum atomic E-state index is 14.0. The molecule has 2 amide bonds. The molecule has 12 heteroatoms. The number of aliphatic hydroxyl groups excluding tert-OH is 1. The van der Waals surface area contributed by atoms with Crippen LogP contribution in [-0.2, 0) is 39.8 Å². The third-order valence-electron chi connectivity index (χ3n) is 10.2. The Labute approximate surface area is 343 Å². The fourth-order valence-corrected chi connectivity index (χ4v) is 7.22. The number of unbranched alkanes of at least 4 members (excludes halogenated alkanes) is 4. The quantitative estimate of drug-likeness (QED) is 0.0703. The van der Waals surface area contributed by atoms with Gasteiger partial charge in [-0.05, 0) is 75.8 Å². The first kappa shape index (κ1) is 46.2. The molecule has 2 aromatic rings. The first-order valence-corrected chi connectivity index (χ1v) is 21.0. The molecule has 1 aliphatic carbocycles. The topological polar surface area (TPSA) is 170 Å². The average Bonchev–Trinajstić information content (AvgIpc) is 3.55. The van der Waals surface area contributed by atoms with Crippen molar-refractivity contribution in [3.05, 3.63) is 82.9 Å². The van der Waals surface area contributed by atoms with E-state index in [4.69, 9.17) is 18.9 Å². The van der Waals surface area contributed by atoms with Crippen molar-refractivity contribution in [1.29, 1.82) is 0 Å².